The van der Waals surface area contributed by atoms with Gasteiger partial charge in [-0.3, -0.25) is 0 Å². The van der Waals surface area contributed by atoms with Crippen LogP contribution in [0.2, 0.25) is 0 Å². The summed E-state index contributed by atoms with van der Waals surface area (Å²) in [6.45, 7) is 1.35. The second kappa shape index (κ2) is 2.60. The fourth-order valence-corrected chi connectivity index (χ4v) is 0.615. The van der Waals surface area contributed by atoms with Crippen LogP contribution < -0.4 is 5.69 Å². The number of halogens is 1. The highest BCUT2D eigenvalue weighted by Gasteiger charge is 2.01. The molecule has 1 N–H and O–H groups in total. The highest BCUT2D eigenvalue weighted by Crippen LogP contribution is 2.09. The van der Waals surface area contributed by atoms with Crippen LogP contribution >= 0.6 is 0 Å². The van der Waals surface area contributed by atoms with Crippen LogP contribution in [0.5, 0.6) is 0 Å². The fourth-order valence-electron chi connectivity index (χ4n) is 0.615. The second-order valence-electron chi connectivity index (χ2n) is 1.95. The van der Waals surface area contributed by atoms with Gasteiger partial charge < -0.3 is 4.98 Å². The van der Waals surface area contributed by atoms with Crippen LogP contribution in [-0.4, -0.2) is 9.97 Å². The monoisotopic (exact) mass is 142 g/mol. The summed E-state index contributed by atoms with van der Waals surface area (Å²) in [5, 5.41) is 0. The number of rotatable bonds is 1. The molecule has 0 bridgehead atoms. The first kappa shape index (κ1) is 6.92. The van der Waals surface area contributed by atoms with Gasteiger partial charge in [0.25, 0.3) is 0 Å². The molecular formula is C6H7FN2O. The fraction of sp³-hybridized carbons (Fsp3) is 0.333. The maximum absolute atomic E-state index is 12.4. The van der Waals surface area contributed by atoms with Gasteiger partial charge in [0.15, 0.2) is 0 Å². The first-order valence-electron chi connectivity index (χ1n) is 2.89. The van der Waals surface area contributed by atoms with Crippen molar-refractivity contribution in [3.05, 3.63) is 28.4 Å². The van der Waals surface area contributed by atoms with E-state index in [0.29, 0.717) is 0 Å². The lowest BCUT2D eigenvalue weighted by molar-refractivity contribution is 0.364. The maximum atomic E-state index is 12.4. The smallest absolute Gasteiger partial charge is 0.307 e. The second-order valence-corrected chi connectivity index (χ2v) is 1.95. The molecule has 0 aromatic carbocycles. The Bertz CT molecular complexity index is 268. The number of nitrogens with zero attached hydrogens (tertiary/aromatic N) is 1. The Labute approximate surface area is 56.9 Å². The van der Waals surface area contributed by atoms with Gasteiger partial charge in [0, 0.05) is 6.20 Å². The summed E-state index contributed by atoms with van der Waals surface area (Å²) < 4.78 is 12.4. The average Bonchev–Trinajstić information content (AvgIpc) is 1.88. The van der Waals surface area contributed by atoms with Crippen LogP contribution in [0.4, 0.5) is 4.39 Å². The third-order valence-corrected chi connectivity index (χ3v) is 1.13. The molecular weight excluding hydrogens is 135 g/mol. The Morgan fingerprint density at radius 2 is 2.50 bits per heavy atom. The van der Waals surface area contributed by atoms with Crippen molar-refractivity contribution in [3.63, 3.8) is 0 Å². The van der Waals surface area contributed by atoms with E-state index >= 15 is 0 Å². The molecule has 0 fully saturated rings. The molecule has 10 heavy (non-hydrogen) atoms. The summed E-state index contributed by atoms with van der Waals surface area (Å²) >= 11 is 0. The van der Waals surface area contributed by atoms with E-state index in [4.69, 9.17) is 0 Å². The third-order valence-electron chi connectivity index (χ3n) is 1.13. The highest BCUT2D eigenvalue weighted by molar-refractivity contribution is 5.00. The van der Waals surface area contributed by atoms with E-state index in [1.165, 1.54) is 19.2 Å². The van der Waals surface area contributed by atoms with Crippen molar-refractivity contribution in [2.45, 2.75) is 13.1 Å². The molecule has 0 spiro atoms. The van der Waals surface area contributed by atoms with Gasteiger partial charge in [-0.1, -0.05) is 0 Å². The molecule has 0 aliphatic heterocycles. The van der Waals surface area contributed by atoms with Crippen LogP contribution in [0, 0.1) is 0 Å². The van der Waals surface area contributed by atoms with Crippen molar-refractivity contribution in [1.82, 2.24) is 9.97 Å². The van der Waals surface area contributed by atoms with Crippen molar-refractivity contribution >= 4 is 0 Å². The molecule has 1 aromatic heterocycles. The summed E-state index contributed by atoms with van der Waals surface area (Å²) in [6.07, 6.45) is 0.139. The van der Waals surface area contributed by atoms with Gasteiger partial charge in [0.05, 0.1) is 5.69 Å². The maximum Gasteiger partial charge on any atom is 0.345 e. The van der Waals surface area contributed by atoms with Gasteiger partial charge in [-0.2, -0.15) is 0 Å². The summed E-state index contributed by atoms with van der Waals surface area (Å²) in [5.74, 6) is 0. The average molecular weight is 142 g/mol. The Morgan fingerprint density at radius 3 is 2.90 bits per heavy atom. The lowest BCUT2D eigenvalue weighted by atomic mass is 10.3. The Kier molecular flexibility index (Phi) is 1.80. The van der Waals surface area contributed by atoms with E-state index in [1.807, 2.05) is 0 Å². The van der Waals surface area contributed by atoms with Crippen LogP contribution in [0.1, 0.15) is 18.8 Å². The lowest BCUT2D eigenvalue weighted by Crippen LogP contribution is -2.11. The molecule has 3 nitrogen and oxygen atoms in total. The van der Waals surface area contributed by atoms with E-state index in [9.17, 15) is 9.18 Å². The molecule has 0 amide bonds. The normalized spacial score (nSPS) is 13.0. The SMILES string of the molecule is CC(F)c1ccnc(=O)[nH]1. The molecule has 1 atom stereocenters. The quantitative estimate of drug-likeness (QED) is 0.630. The summed E-state index contributed by atoms with van der Waals surface area (Å²) in [6, 6.07) is 1.44. The van der Waals surface area contributed by atoms with E-state index < -0.39 is 11.9 Å². The van der Waals surface area contributed by atoms with Crippen molar-refractivity contribution < 1.29 is 4.39 Å². The van der Waals surface area contributed by atoms with Crippen molar-refractivity contribution in [2.24, 2.45) is 0 Å². The number of hydrogen-bond donors (Lipinski definition) is 1. The standard InChI is InChI=1S/C6H7FN2O/c1-4(7)5-2-3-8-6(10)9-5/h2-4H,1H3,(H,8,9,10). The molecule has 1 unspecified atom stereocenters. The van der Waals surface area contributed by atoms with E-state index in [2.05, 4.69) is 9.97 Å². The minimum Gasteiger partial charge on any atom is -0.307 e. The first-order chi connectivity index (χ1) is 4.70. The van der Waals surface area contributed by atoms with Crippen molar-refractivity contribution in [3.8, 4) is 0 Å². The Hall–Kier alpha value is -1.19. The van der Waals surface area contributed by atoms with Crippen LogP contribution in [0.25, 0.3) is 0 Å². The molecule has 1 rings (SSSR count). The Morgan fingerprint density at radius 1 is 1.80 bits per heavy atom. The van der Waals surface area contributed by atoms with Gasteiger partial charge in [0.1, 0.15) is 6.17 Å². The predicted molar refractivity (Wildman–Crippen MR) is 34.4 cm³/mol. The van der Waals surface area contributed by atoms with Gasteiger partial charge in [0.2, 0.25) is 0 Å². The zero-order valence-electron chi connectivity index (χ0n) is 5.47. The topological polar surface area (TPSA) is 45.8 Å². The predicted octanol–water partition coefficient (Wildman–Crippen LogP) is 0.800. The molecule has 1 heterocycles. The molecule has 4 heteroatoms. The van der Waals surface area contributed by atoms with Gasteiger partial charge in [-0.05, 0) is 13.0 Å². The minimum atomic E-state index is -1.14. The number of hydrogen-bond acceptors (Lipinski definition) is 2. The van der Waals surface area contributed by atoms with E-state index in [1.54, 1.807) is 0 Å². The van der Waals surface area contributed by atoms with Gasteiger partial charge >= 0.3 is 5.69 Å². The third kappa shape index (κ3) is 1.40. The van der Waals surface area contributed by atoms with Crippen molar-refractivity contribution in [2.75, 3.05) is 0 Å². The minimum absolute atomic E-state index is 0.264. The summed E-state index contributed by atoms with van der Waals surface area (Å²) in [7, 11) is 0. The number of alkyl halides is 1. The highest BCUT2D eigenvalue weighted by atomic mass is 19.1. The number of aromatic nitrogens is 2. The molecule has 0 radical (unpaired) electrons. The van der Waals surface area contributed by atoms with Gasteiger partial charge in [-0.25, -0.2) is 14.2 Å². The first-order valence-corrected chi connectivity index (χ1v) is 2.89. The van der Waals surface area contributed by atoms with E-state index in [-0.39, 0.29) is 5.69 Å². The molecule has 0 saturated carbocycles. The number of nitrogens with one attached hydrogen (secondary N) is 1. The van der Waals surface area contributed by atoms with Crippen molar-refractivity contribution in [1.29, 1.82) is 0 Å². The molecule has 0 aliphatic carbocycles. The molecule has 0 aliphatic rings. The molecule has 0 saturated heterocycles. The van der Waals surface area contributed by atoms with Crippen LogP contribution in [-0.2, 0) is 0 Å². The zero-order chi connectivity index (χ0) is 7.56. The van der Waals surface area contributed by atoms with Crippen LogP contribution in [0.3, 0.4) is 0 Å². The molecule has 1 aromatic rings. The molecule has 54 valence electrons. The summed E-state index contributed by atoms with van der Waals surface area (Å²) in [5.41, 5.74) is -0.248. The number of aromatic amines is 1. The summed E-state index contributed by atoms with van der Waals surface area (Å²) in [4.78, 5) is 16.1. The van der Waals surface area contributed by atoms with Gasteiger partial charge in [-0.15, -0.1) is 0 Å². The van der Waals surface area contributed by atoms with E-state index in [0.717, 1.165) is 0 Å². The Balaban J connectivity index is 3.07. The zero-order valence-corrected chi connectivity index (χ0v) is 5.47. The largest absolute Gasteiger partial charge is 0.345 e. The number of H-pyrrole nitrogens is 1. The lowest BCUT2D eigenvalue weighted by Gasteiger charge is -1.97. The van der Waals surface area contributed by atoms with Crippen LogP contribution in [0.15, 0.2) is 17.1 Å².